The van der Waals surface area contributed by atoms with Crippen molar-refractivity contribution in [3.05, 3.63) is 22.9 Å². The van der Waals surface area contributed by atoms with Crippen LogP contribution in [0, 0.1) is 0 Å². The minimum Gasteiger partial charge on any atom is -0.278 e. The highest BCUT2D eigenvalue weighted by atomic mass is 16.1. The van der Waals surface area contributed by atoms with Gasteiger partial charge in [0.25, 0.3) is 0 Å². The maximum absolute atomic E-state index is 11.0. The maximum Gasteiger partial charge on any atom is 0.343 e. The zero-order chi connectivity index (χ0) is 9.42. The van der Waals surface area contributed by atoms with Crippen molar-refractivity contribution in [3.8, 4) is 11.4 Å². The number of hydrogen-bond donors (Lipinski definition) is 1. The Morgan fingerprint density at radius 3 is 2.69 bits per heavy atom. The van der Waals surface area contributed by atoms with Gasteiger partial charge in [-0.05, 0) is 0 Å². The molecule has 0 spiro atoms. The Labute approximate surface area is 73.8 Å². The van der Waals surface area contributed by atoms with Crippen LogP contribution in [0.15, 0.2) is 17.2 Å². The van der Waals surface area contributed by atoms with Crippen LogP contribution in [-0.4, -0.2) is 24.5 Å². The molecule has 2 heterocycles. The Morgan fingerprint density at radius 2 is 2.23 bits per heavy atom. The van der Waals surface area contributed by atoms with Crippen molar-refractivity contribution >= 4 is 0 Å². The Kier molecular flexibility index (Phi) is 1.54. The van der Waals surface area contributed by atoms with E-state index in [1.165, 1.54) is 4.57 Å². The van der Waals surface area contributed by atoms with E-state index in [1.54, 1.807) is 24.1 Å². The van der Waals surface area contributed by atoms with E-state index in [0.29, 0.717) is 5.82 Å². The predicted octanol–water partition coefficient (Wildman–Crippen LogP) is -0.491. The Morgan fingerprint density at radius 1 is 1.46 bits per heavy atom. The Hall–Kier alpha value is -1.85. The third-order valence-corrected chi connectivity index (χ3v) is 1.84. The van der Waals surface area contributed by atoms with Gasteiger partial charge in [-0.15, -0.1) is 0 Å². The lowest BCUT2D eigenvalue weighted by atomic mass is 10.3. The number of aryl methyl sites for hydroxylation is 1. The summed E-state index contributed by atoms with van der Waals surface area (Å²) in [7, 11) is 3.47. The summed E-state index contributed by atoms with van der Waals surface area (Å²) in [4.78, 5) is 11.0. The van der Waals surface area contributed by atoms with Crippen LogP contribution < -0.4 is 5.69 Å². The molecule has 0 saturated heterocycles. The molecule has 68 valence electrons. The number of aromatic nitrogens is 5. The van der Waals surface area contributed by atoms with Gasteiger partial charge in [0.2, 0.25) is 0 Å². The summed E-state index contributed by atoms with van der Waals surface area (Å²) >= 11 is 0. The molecule has 2 aromatic heterocycles. The van der Waals surface area contributed by atoms with E-state index in [2.05, 4.69) is 15.3 Å². The number of hydrogen-bond acceptors (Lipinski definition) is 3. The number of rotatable bonds is 1. The van der Waals surface area contributed by atoms with Gasteiger partial charge < -0.3 is 0 Å². The smallest absolute Gasteiger partial charge is 0.278 e. The highest BCUT2D eigenvalue weighted by Crippen LogP contribution is 2.11. The molecule has 2 rings (SSSR count). The fraction of sp³-hybridized carbons (Fsp3) is 0.286. The van der Waals surface area contributed by atoms with Gasteiger partial charge in [-0.2, -0.15) is 10.2 Å². The van der Waals surface area contributed by atoms with E-state index < -0.39 is 0 Å². The molecule has 6 nitrogen and oxygen atoms in total. The molecule has 0 aliphatic carbocycles. The fourth-order valence-corrected chi connectivity index (χ4v) is 1.14. The van der Waals surface area contributed by atoms with Crippen LogP contribution in [0.25, 0.3) is 11.4 Å². The standard InChI is InChI=1S/C7H9N5O/c1-11-4-5(3-8-11)6-9-10-7(13)12(6)2/h3-4H,1-2H3,(H,10,13). The highest BCUT2D eigenvalue weighted by Gasteiger charge is 2.07. The second-order valence-electron chi connectivity index (χ2n) is 2.81. The molecule has 0 radical (unpaired) electrons. The second kappa shape index (κ2) is 2.58. The van der Waals surface area contributed by atoms with Gasteiger partial charge in [-0.3, -0.25) is 9.25 Å². The quantitative estimate of drug-likeness (QED) is 0.642. The zero-order valence-electron chi connectivity index (χ0n) is 7.35. The van der Waals surface area contributed by atoms with Crippen molar-refractivity contribution in [3.63, 3.8) is 0 Å². The zero-order valence-corrected chi connectivity index (χ0v) is 7.35. The minimum absolute atomic E-state index is 0.223. The van der Waals surface area contributed by atoms with Crippen LogP contribution in [0.3, 0.4) is 0 Å². The molecule has 6 heteroatoms. The monoisotopic (exact) mass is 179 g/mol. The molecule has 2 aromatic rings. The molecule has 0 aliphatic heterocycles. The molecule has 0 saturated carbocycles. The second-order valence-corrected chi connectivity index (χ2v) is 2.81. The average molecular weight is 179 g/mol. The van der Waals surface area contributed by atoms with E-state index in [1.807, 2.05) is 7.05 Å². The number of aromatic amines is 1. The molecule has 0 unspecified atom stereocenters. The van der Waals surface area contributed by atoms with Crippen molar-refractivity contribution in [1.82, 2.24) is 24.5 Å². The minimum atomic E-state index is -0.223. The molecular formula is C7H9N5O. The summed E-state index contributed by atoms with van der Waals surface area (Å²) in [6.07, 6.45) is 3.46. The van der Waals surface area contributed by atoms with E-state index in [0.717, 1.165) is 5.56 Å². The van der Waals surface area contributed by atoms with E-state index in [4.69, 9.17) is 0 Å². The van der Waals surface area contributed by atoms with Gasteiger partial charge in [0.05, 0.1) is 11.8 Å². The van der Waals surface area contributed by atoms with Crippen LogP contribution >= 0.6 is 0 Å². The van der Waals surface area contributed by atoms with Crippen molar-refractivity contribution in [2.75, 3.05) is 0 Å². The van der Waals surface area contributed by atoms with Crippen LogP contribution in [0.4, 0.5) is 0 Å². The lowest BCUT2D eigenvalue weighted by Gasteiger charge is -1.92. The first-order valence-electron chi connectivity index (χ1n) is 3.79. The molecule has 0 fully saturated rings. The van der Waals surface area contributed by atoms with Gasteiger partial charge >= 0.3 is 5.69 Å². The van der Waals surface area contributed by atoms with Crippen LogP contribution in [0.1, 0.15) is 0 Å². The van der Waals surface area contributed by atoms with Gasteiger partial charge in [0.1, 0.15) is 0 Å². The summed E-state index contributed by atoms with van der Waals surface area (Å²) in [5, 5.41) is 10.2. The van der Waals surface area contributed by atoms with Crippen molar-refractivity contribution in [2.45, 2.75) is 0 Å². The summed E-state index contributed by atoms with van der Waals surface area (Å²) in [5.41, 5.74) is 0.599. The van der Waals surface area contributed by atoms with Gasteiger partial charge in [-0.25, -0.2) is 9.89 Å². The Balaban J connectivity index is 2.58. The number of nitrogens with zero attached hydrogens (tertiary/aromatic N) is 4. The molecule has 0 amide bonds. The van der Waals surface area contributed by atoms with Crippen molar-refractivity contribution < 1.29 is 0 Å². The molecule has 0 aromatic carbocycles. The molecule has 13 heavy (non-hydrogen) atoms. The first kappa shape index (κ1) is 7.78. The van der Waals surface area contributed by atoms with E-state index in [-0.39, 0.29) is 5.69 Å². The Bertz CT molecular complexity index is 477. The van der Waals surface area contributed by atoms with E-state index >= 15 is 0 Å². The van der Waals surface area contributed by atoms with Crippen molar-refractivity contribution in [1.29, 1.82) is 0 Å². The largest absolute Gasteiger partial charge is 0.343 e. The van der Waals surface area contributed by atoms with Crippen LogP contribution in [0.2, 0.25) is 0 Å². The van der Waals surface area contributed by atoms with Gasteiger partial charge in [-0.1, -0.05) is 0 Å². The molecule has 0 aliphatic rings. The topological polar surface area (TPSA) is 68.5 Å². The number of H-pyrrole nitrogens is 1. The third-order valence-electron chi connectivity index (χ3n) is 1.84. The summed E-state index contributed by atoms with van der Waals surface area (Å²) in [6.45, 7) is 0. The predicted molar refractivity (Wildman–Crippen MR) is 46.0 cm³/mol. The summed E-state index contributed by atoms with van der Waals surface area (Å²) < 4.78 is 3.10. The average Bonchev–Trinajstić information content (AvgIpc) is 2.62. The fourth-order valence-electron chi connectivity index (χ4n) is 1.14. The van der Waals surface area contributed by atoms with Gasteiger partial charge in [0, 0.05) is 20.3 Å². The van der Waals surface area contributed by atoms with Crippen molar-refractivity contribution in [2.24, 2.45) is 14.1 Å². The van der Waals surface area contributed by atoms with Crippen LogP contribution in [0.5, 0.6) is 0 Å². The van der Waals surface area contributed by atoms with E-state index in [9.17, 15) is 4.79 Å². The lowest BCUT2D eigenvalue weighted by molar-refractivity contribution is 0.767. The first-order valence-corrected chi connectivity index (χ1v) is 3.79. The first-order chi connectivity index (χ1) is 6.18. The number of nitrogens with one attached hydrogen (secondary N) is 1. The summed E-state index contributed by atoms with van der Waals surface area (Å²) in [6, 6.07) is 0. The summed E-state index contributed by atoms with van der Waals surface area (Å²) in [5.74, 6) is 0.595. The normalized spacial score (nSPS) is 10.6. The molecule has 1 N–H and O–H groups in total. The molecular weight excluding hydrogens is 170 g/mol. The highest BCUT2D eigenvalue weighted by molar-refractivity contribution is 5.51. The SMILES string of the molecule is Cn1cc(-c2n[nH]c(=O)n2C)cn1. The van der Waals surface area contributed by atoms with Crippen LogP contribution in [-0.2, 0) is 14.1 Å². The third kappa shape index (κ3) is 1.16. The lowest BCUT2D eigenvalue weighted by Crippen LogP contribution is -2.12. The van der Waals surface area contributed by atoms with Gasteiger partial charge in [0.15, 0.2) is 5.82 Å². The molecule has 0 bridgehead atoms. The molecule has 0 atom stereocenters. The maximum atomic E-state index is 11.0.